The van der Waals surface area contributed by atoms with E-state index in [-0.39, 0.29) is 5.88 Å². The second kappa shape index (κ2) is 6.49. The number of para-hydroxylation sites is 1. The zero-order valence-corrected chi connectivity index (χ0v) is 15.0. The van der Waals surface area contributed by atoms with E-state index in [0.29, 0.717) is 11.3 Å². The molecule has 7 heteroatoms. The van der Waals surface area contributed by atoms with Crippen molar-refractivity contribution in [1.82, 2.24) is 4.31 Å². The quantitative estimate of drug-likeness (QED) is 0.783. The summed E-state index contributed by atoms with van der Waals surface area (Å²) in [5.74, 6) is -0.263. The number of nitrogens with zero attached hydrogens (tertiary/aromatic N) is 2. The first-order valence-electron chi connectivity index (χ1n) is 7.56. The lowest BCUT2D eigenvalue weighted by Crippen LogP contribution is -2.53. The van der Waals surface area contributed by atoms with Crippen LogP contribution >= 0.6 is 11.8 Å². The van der Waals surface area contributed by atoms with Gasteiger partial charge in [-0.3, -0.25) is 4.79 Å². The molecule has 1 aliphatic rings. The van der Waals surface area contributed by atoms with Crippen LogP contribution < -0.4 is 4.31 Å². The Bertz CT molecular complexity index is 851. The van der Waals surface area contributed by atoms with Gasteiger partial charge >= 0.3 is 10.2 Å². The summed E-state index contributed by atoms with van der Waals surface area (Å²) in [5.41, 5.74) is 0.845. The number of benzene rings is 2. The average Bonchev–Trinajstić information content (AvgIpc) is 2.55. The largest absolute Gasteiger partial charge is 0.329 e. The molecule has 0 aliphatic carbocycles. The number of carbonyl (C=O) groups is 1. The third-order valence-electron chi connectivity index (χ3n) is 3.69. The van der Waals surface area contributed by atoms with Crippen LogP contribution in [0.3, 0.4) is 0 Å². The maximum atomic E-state index is 13.0. The van der Waals surface area contributed by atoms with Gasteiger partial charge in [-0.05, 0) is 38.1 Å². The zero-order valence-electron chi connectivity index (χ0n) is 13.4. The van der Waals surface area contributed by atoms with Crippen LogP contribution in [0.15, 0.2) is 59.5 Å². The van der Waals surface area contributed by atoms with E-state index in [4.69, 9.17) is 0 Å². The van der Waals surface area contributed by atoms with Crippen molar-refractivity contribution in [3.8, 4) is 0 Å². The molecule has 1 amide bonds. The molecule has 5 nitrogen and oxygen atoms in total. The molecule has 126 valence electrons. The van der Waals surface area contributed by atoms with Gasteiger partial charge in [-0.15, -0.1) is 11.8 Å². The number of hydrogen-bond acceptors (Lipinski definition) is 4. The van der Waals surface area contributed by atoms with E-state index in [0.717, 1.165) is 9.20 Å². The minimum Gasteiger partial charge on any atom is -0.268 e. The maximum absolute atomic E-state index is 13.0. The van der Waals surface area contributed by atoms with Gasteiger partial charge in [0.05, 0.1) is 17.1 Å². The van der Waals surface area contributed by atoms with Crippen LogP contribution in [0.1, 0.15) is 24.2 Å². The fraction of sp³-hybridized carbons (Fsp3) is 0.235. The van der Waals surface area contributed by atoms with Crippen molar-refractivity contribution in [3.05, 3.63) is 60.2 Å². The Hall–Kier alpha value is -1.99. The molecule has 0 bridgehead atoms. The van der Waals surface area contributed by atoms with E-state index in [1.165, 1.54) is 16.1 Å². The first kappa shape index (κ1) is 16.9. The Labute approximate surface area is 146 Å². The van der Waals surface area contributed by atoms with Gasteiger partial charge in [0.15, 0.2) is 0 Å². The van der Waals surface area contributed by atoms with Gasteiger partial charge in [0, 0.05) is 10.9 Å². The highest BCUT2D eigenvalue weighted by molar-refractivity contribution is 8.01. The molecule has 0 saturated heterocycles. The molecular formula is C17H18N2O3S2. The van der Waals surface area contributed by atoms with Crippen molar-refractivity contribution < 1.29 is 13.2 Å². The summed E-state index contributed by atoms with van der Waals surface area (Å²) < 4.78 is 28.2. The summed E-state index contributed by atoms with van der Waals surface area (Å²) in [6.45, 7) is 3.40. The number of anilines is 1. The van der Waals surface area contributed by atoms with Gasteiger partial charge in [-0.1, -0.05) is 30.3 Å². The van der Waals surface area contributed by atoms with Crippen molar-refractivity contribution in [2.45, 2.75) is 24.8 Å². The standard InChI is InChI=1S/C17H18N2O3S2/c1-13(2)19-17(20)15-10-6-7-11-16(15)18(24(19,21)22)12-23-14-8-4-3-5-9-14/h3-11,13H,12H2,1-2H3. The van der Waals surface area contributed by atoms with Crippen LogP contribution in [0, 0.1) is 0 Å². The van der Waals surface area contributed by atoms with E-state index in [2.05, 4.69) is 0 Å². The molecule has 0 radical (unpaired) electrons. The van der Waals surface area contributed by atoms with E-state index in [9.17, 15) is 13.2 Å². The predicted molar refractivity (Wildman–Crippen MR) is 96.3 cm³/mol. The van der Waals surface area contributed by atoms with Gasteiger partial charge in [0.2, 0.25) is 0 Å². The minimum absolute atomic E-state index is 0.208. The lowest BCUT2D eigenvalue weighted by molar-refractivity contribution is 0.0831. The third-order valence-corrected chi connectivity index (χ3v) is 6.81. The highest BCUT2D eigenvalue weighted by atomic mass is 32.2. The van der Waals surface area contributed by atoms with Crippen molar-refractivity contribution in [1.29, 1.82) is 0 Å². The second-order valence-corrected chi connectivity index (χ2v) is 8.40. The fourth-order valence-electron chi connectivity index (χ4n) is 2.61. The Kier molecular flexibility index (Phi) is 4.56. The Balaban J connectivity index is 2.02. The summed E-state index contributed by atoms with van der Waals surface area (Å²) >= 11 is 1.42. The first-order valence-corrected chi connectivity index (χ1v) is 9.94. The van der Waals surface area contributed by atoms with E-state index >= 15 is 0 Å². The lowest BCUT2D eigenvalue weighted by atomic mass is 10.1. The Morgan fingerprint density at radius 1 is 1.00 bits per heavy atom. The molecule has 24 heavy (non-hydrogen) atoms. The second-order valence-electron chi connectivity index (χ2n) is 5.65. The number of thioether (sulfide) groups is 1. The van der Waals surface area contributed by atoms with Crippen LogP contribution in [0.2, 0.25) is 0 Å². The summed E-state index contributed by atoms with van der Waals surface area (Å²) in [7, 11) is -3.90. The molecule has 2 aromatic carbocycles. The number of amides is 1. The molecule has 1 aliphatic heterocycles. The molecular weight excluding hydrogens is 344 g/mol. The molecule has 0 aromatic heterocycles. The summed E-state index contributed by atoms with van der Waals surface area (Å²) in [6.07, 6.45) is 0. The topological polar surface area (TPSA) is 57.7 Å². The fourth-order valence-corrected chi connectivity index (χ4v) is 5.52. The van der Waals surface area contributed by atoms with E-state index in [1.54, 1.807) is 38.1 Å². The minimum atomic E-state index is -3.90. The van der Waals surface area contributed by atoms with E-state index < -0.39 is 22.2 Å². The molecule has 0 N–H and O–H groups in total. The highest BCUT2D eigenvalue weighted by Gasteiger charge is 2.42. The van der Waals surface area contributed by atoms with Crippen molar-refractivity contribution in [2.75, 3.05) is 10.2 Å². The van der Waals surface area contributed by atoms with Crippen molar-refractivity contribution in [2.24, 2.45) is 0 Å². The van der Waals surface area contributed by atoms with Crippen molar-refractivity contribution in [3.63, 3.8) is 0 Å². The smallest absolute Gasteiger partial charge is 0.268 e. The molecule has 3 rings (SSSR count). The van der Waals surface area contributed by atoms with E-state index in [1.807, 2.05) is 30.3 Å². The Morgan fingerprint density at radius 2 is 1.62 bits per heavy atom. The molecule has 0 fully saturated rings. The maximum Gasteiger partial charge on any atom is 0.329 e. The number of fused-ring (bicyclic) bond motifs is 1. The van der Waals surface area contributed by atoms with Gasteiger partial charge in [0.1, 0.15) is 0 Å². The van der Waals surface area contributed by atoms with Crippen LogP contribution in [0.25, 0.3) is 0 Å². The first-order chi connectivity index (χ1) is 11.4. The van der Waals surface area contributed by atoms with Crippen LogP contribution in [-0.4, -0.2) is 30.5 Å². The molecule has 1 heterocycles. The Morgan fingerprint density at radius 3 is 2.29 bits per heavy atom. The molecule has 0 atom stereocenters. The van der Waals surface area contributed by atoms with Crippen LogP contribution in [0.4, 0.5) is 5.69 Å². The monoisotopic (exact) mass is 362 g/mol. The normalized spacial score (nSPS) is 16.4. The SMILES string of the molecule is CC(C)N1C(=O)c2ccccc2N(CSc2ccccc2)S1(=O)=O. The zero-order chi connectivity index (χ0) is 17.3. The van der Waals surface area contributed by atoms with Gasteiger partial charge in [-0.25, -0.2) is 8.61 Å². The third kappa shape index (κ3) is 2.89. The van der Waals surface area contributed by atoms with Crippen LogP contribution in [-0.2, 0) is 10.2 Å². The summed E-state index contributed by atoms with van der Waals surface area (Å²) in [5, 5.41) is 0. The van der Waals surface area contributed by atoms with Crippen molar-refractivity contribution >= 4 is 33.6 Å². The van der Waals surface area contributed by atoms with Gasteiger partial charge < -0.3 is 0 Å². The highest BCUT2D eigenvalue weighted by Crippen LogP contribution is 2.35. The number of rotatable bonds is 4. The lowest BCUT2D eigenvalue weighted by Gasteiger charge is -2.38. The van der Waals surface area contributed by atoms with Gasteiger partial charge in [-0.2, -0.15) is 8.42 Å². The molecule has 2 aromatic rings. The molecule has 0 spiro atoms. The molecule has 0 unspecified atom stereocenters. The van der Waals surface area contributed by atoms with Gasteiger partial charge in [0.25, 0.3) is 5.91 Å². The number of carbonyl (C=O) groups excluding carboxylic acids is 1. The van der Waals surface area contributed by atoms with Crippen LogP contribution in [0.5, 0.6) is 0 Å². The molecule has 0 saturated carbocycles. The summed E-state index contributed by atoms with van der Waals surface area (Å²) in [6, 6.07) is 16.0. The average molecular weight is 362 g/mol. The predicted octanol–water partition coefficient (Wildman–Crippen LogP) is 3.35. The number of hydrogen-bond donors (Lipinski definition) is 0. The summed E-state index contributed by atoms with van der Waals surface area (Å²) in [4.78, 5) is 13.6.